The molecule has 5 nitrogen and oxygen atoms in total. The van der Waals surface area contributed by atoms with E-state index in [9.17, 15) is 0 Å². The first kappa shape index (κ1) is 16.2. The van der Waals surface area contributed by atoms with Gasteiger partial charge in [-0.2, -0.15) is 0 Å². The van der Waals surface area contributed by atoms with E-state index in [-0.39, 0.29) is 6.04 Å². The molecule has 0 fully saturated rings. The number of halogens is 1. The van der Waals surface area contributed by atoms with Gasteiger partial charge in [0, 0.05) is 53.8 Å². The number of hydrogen-bond donors (Lipinski definition) is 2. The van der Waals surface area contributed by atoms with Gasteiger partial charge in [0.15, 0.2) is 0 Å². The molecule has 24 heavy (non-hydrogen) atoms. The number of aliphatic imine (C=N–C) groups is 2. The van der Waals surface area contributed by atoms with Crippen LogP contribution in [0.5, 0.6) is 0 Å². The van der Waals surface area contributed by atoms with Gasteiger partial charge in [-0.15, -0.1) is 0 Å². The number of aryl methyl sites for hydroxylation is 1. The van der Waals surface area contributed by atoms with Crippen molar-refractivity contribution >= 4 is 28.7 Å². The van der Waals surface area contributed by atoms with Gasteiger partial charge in [-0.05, 0) is 31.2 Å². The molecule has 0 aromatic carbocycles. The Bertz CT molecular complexity index is 825. The van der Waals surface area contributed by atoms with Crippen molar-refractivity contribution in [3.8, 4) is 0 Å². The number of rotatable bonds is 3. The lowest BCUT2D eigenvalue weighted by molar-refractivity contribution is 0.763. The summed E-state index contributed by atoms with van der Waals surface area (Å²) in [5, 5.41) is 3.76. The smallest absolute Gasteiger partial charge is 0.129 e. The van der Waals surface area contributed by atoms with E-state index in [2.05, 4.69) is 20.3 Å². The third kappa shape index (κ3) is 3.31. The van der Waals surface area contributed by atoms with Crippen LogP contribution in [-0.2, 0) is 0 Å². The number of fused-ring (bicyclic) bond motifs is 1. The summed E-state index contributed by atoms with van der Waals surface area (Å²) in [6.45, 7) is 1.94. The second-order valence-corrected chi connectivity index (χ2v) is 5.90. The summed E-state index contributed by atoms with van der Waals surface area (Å²) < 4.78 is 0. The third-order valence-corrected chi connectivity index (χ3v) is 3.99. The van der Waals surface area contributed by atoms with Crippen molar-refractivity contribution in [3.63, 3.8) is 0 Å². The molecule has 0 spiro atoms. The molecule has 0 amide bonds. The molecule has 3 heterocycles. The maximum absolute atomic E-state index is 6.38. The summed E-state index contributed by atoms with van der Waals surface area (Å²) in [4.78, 5) is 12.8. The summed E-state index contributed by atoms with van der Waals surface area (Å²) in [5.41, 5.74) is 11.3. The highest BCUT2D eigenvalue weighted by atomic mass is 35.5. The maximum atomic E-state index is 6.38. The van der Waals surface area contributed by atoms with E-state index in [4.69, 9.17) is 17.3 Å². The van der Waals surface area contributed by atoms with Crippen LogP contribution >= 0.6 is 11.6 Å². The fourth-order valence-corrected chi connectivity index (χ4v) is 2.69. The Kier molecular flexibility index (Phi) is 4.62. The van der Waals surface area contributed by atoms with Gasteiger partial charge in [-0.25, -0.2) is 4.99 Å². The Hall–Kier alpha value is -2.66. The second-order valence-electron chi connectivity index (χ2n) is 5.51. The predicted molar refractivity (Wildman–Crippen MR) is 100 cm³/mol. The van der Waals surface area contributed by atoms with E-state index >= 15 is 0 Å². The SMILES string of the molecule is CN=CC(C1=CNC2C=CC(Cl)=NC2=C1)=C(N)c1ccc(C)nc1. The van der Waals surface area contributed by atoms with E-state index in [0.717, 1.165) is 28.1 Å². The Labute approximate surface area is 146 Å². The van der Waals surface area contributed by atoms with Crippen LogP contribution in [0.2, 0.25) is 0 Å². The van der Waals surface area contributed by atoms with E-state index in [1.54, 1.807) is 25.5 Å². The van der Waals surface area contributed by atoms with Crippen molar-refractivity contribution in [1.82, 2.24) is 10.3 Å². The fraction of sp³-hybridized carbons (Fsp3) is 0.167. The summed E-state index contributed by atoms with van der Waals surface area (Å²) in [7, 11) is 1.71. The van der Waals surface area contributed by atoms with Crippen LogP contribution in [-0.4, -0.2) is 29.5 Å². The van der Waals surface area contributed by atoms with Gasteiger partial charge in [-0.3, -0.25) is 9.98 Å². The molecular formula is C18H18ClN5. The van der Waals surface area contributed by atoms with Crippen LogP contribution in [0.4, 0.5) is 0 Å². The zero-order valence-electron chi connectivity index (χ0n) is 13.5. The van der Waals surface area contributed by atoms with Crippen molar-refractivity contribution in [3.05, 3.63) is 70.9 Å². The summed E-state index contributed by atoms with van der Waals surface area (Å²) >= 11 is 6.00. The highest BCUT2D eigenvalue weighted by molar-refractivity contribution is 6.68. The largest absolute Gasteiger partial charge is 0.398 e. The molecule has 1 aromatic heterocycles. The first-order valence-corrected chi connectivity index (χ1v) is 7.92. The lowest BCUT2D eigenvalue weighted by atomic mass is 9.97. The van der Waals surface area contributed by atoms with Gasteiger partial charge < -0.3 is 11.1 Å². The molecule has 6 heteroatoms. The Morgan fingerprint density at radius 2 is 2.25 bits per heavy atom. The van der Waals surface area contributed by atoms with Crippen LogP contribution in [0.25, 0.3) is 5.70 Å². The molecule has 3 N–H and O–H groups in total. The average Bonchev–Trinajstić information content (AvgIpc) is 2.59. The number of hydrogen-bond acceptors (Lipinski definition) is 5. The quantitative estimate of drug-likeness (QED) is 0.831. The lowest BCUT2D eigenvalue weighted by Gasteiger charge is -2.23. The highest BCUT2D eigenvalue weighted by Crippen LogP contribution is 2.26. The lowest BCUT2D eigenvalue weighted by Crippen LogP contribution is -2.29. The van der Waals surface area contributed by atoms with Crippen molar-refractivity contribution < 1.29 is 0 Å². The normalized spacial score (nSPS) is 20.6. The first-order valence-electron chi connectivity index (χ1n) is 7.54. The standard InChI is InChI=1S/C18H18ClN5/c1-11-3-4-12(8-22-11)18(20)14(10-21-2)13-7-16-15(23-9-13)5-6-17(19)24-16/h3-10,15,23H,20H2,1-2H3. The Morgan fingerprint density at radius 1 is 1.42 bits per heavy atom. The minimum atomic E-state index is 0.0262. The molecule has 2 aliphatic rings. The number of dihydropyridines is 2. The monoisotopic (exact) mass is 339 g/mol. The van der Waals surface area contributed by atoms with Crippen molar-refractivity contribution in [2.45, 2.75) is 13.0 Å². The summed E-state index contributed by atoms with van der Waals surface area (Å²) in [5.74, 6) is 0. The van der Waals surface area contributed by atoms with Crippen molar-refractivity contribution in [2.24, 2.45) is 15.7 Å². The van der Waals surface area contributed by atoms with Crippen LogP contribution < -0.4 is 11.1 Å². The molecule has 1 aromatic rings. The van der Waals surface area contributed by atoms with Crippen LogP contribution in [0.15, 0.2) is 69.6 Å². The number of nitrogens with one attached hydrogen (secondary N) is 1. The number of allylic oxidation sites excluding steroid dienone is 4. The molecule has 122 valence electrons. The molecule has 1 atom stereocenters. The first-order chi connectivity index (χ1) is 11.6. The van der Waals surface area contributed by atoms with Crippen molar-refractivity contribution in [2.75, 3.05) is 7.05 Å². The topological polar surface area (TPSA) is 75.7 Å². The molecule has 0 bridgehead atoms. The molecule has 3 rings (SSSR count). The molecule has 0 aliphatic carbocycles. The number of pyridine rings is 1. The second kappa shape index (κ2) is 6.84. The Morgan fingerprint density at radius 3 is 2.96 bits per heavy atom. The molecule has 1 unspecified atom stereocenters. The minimum absolute atomic E-state index is 0.0262. The van der Waals surface area contributed by atoms with Crippen molar-refractivity contribution in [1.29, 1.82) is 0 Å². The van der Waals surface area contributed by atoms with Gasteiger partial charge in [-0.1, -0.05) is 17.7 Å². The average molecular weight is 340 g/mol. The van der Waals surface area contributed by atoms with E-state index in [1.807, 2.05) is 37.4 Å². The van der Waals surface area contributed by atoms with Gasteiger partial charge in [0.05, 0.1) is 11.7 Å². The third-order valence-electron chi connectivity index (χ3n) is 3.78. The zero-order chi connectivity index (χ0) is 17.1. The fourth-order valence-electron chi connectivity index (χ4n) is 2.51. The molecule has 2 aliphatic heterocycles. The van der Waals surface area contributed by atoms with Gasteiger partial charge in [0.25, 0.3) is 0 Å². The van der Waals surface area contributed by atoms with E-state index in [1.165, 1.54) is 0 Å². The molecule has 0 saturated carbocycles. The number of aromatic nitrogens is 1. The maximum Gasteiger partial charge on any atom is 0.129 e. The summed E-state index contributed by atoms with van der Waals surface area (Å²) in [6, 6.07) is 3.91. The van der Waals surface area contributed by atoms with E-state index < -0.39 is 0 Å². The zero-order valence-corrected chi connectivity index (χ0v) is 14.2. The molecule has 0 radical (unpaired) electrons. The summed E-state index contributed by atoms with van der Waals surface area (Å²) in [6.07, 6.45) is 11.1. The van der Waals surface area contributed by atoms with Gasteiger partial charge >= 0.3 is 0 Å². The van der Waals surface area contributed by atoms with Crippen LogP contribution in [0.3, 0.4) is 0 Å². The van der Waals surface area contributed by atoms with Crippen LogP contribution in [0, 0.1) is 6.92 Å². The molecule has 0 saturated heterocycles. The molecular weight excluding hydrogens is 322 g/mol. The van der Waals surface area contributed by atoms with E-state index in [0.29, 0.717) is 10.9 Å². The predicted octanol–water partition coefficient (Wildman–Crippen LogP) is 2.71. The minimum Gasteiger partial charge on any atom is -0.398 e. The Balaban J connectivity index is 2.03. The van der Waals surface area contributed by atoms with Gasteiger partial charge in [0.1, 0.15) is 5.17 Å². The van der Waals surface area contributed by atoms with Gasteiger partial charge in [0.2, 0.25) is 0 Å². The highest BCUT2D eigenvalue weighted by Gasteiger charge is 2.20. The van der Waals surface area contributed by atoms with Crippen LogP contribution in [0.1, 0.15) is 11.3 Å². The number of nitrogens with two attached hydrogens (primary N) is 1. The number of nitrogens with zero attached hydrogens (tertiary/aromatic N) is 3.